The molecule has 35 heavy (non-hydrogen) atoms. The third-order valence-electron chi connectivity index (χ3n) is 6.79. The molecule has 1 atom stereocenters. The lowest BCUT2D eigenvalue weighted by atomic mass is 9.98. The summed E-state index contributed by atoms with van der Waals surface area (Å²) in [5, 5.41) is 16.1. The van der Waals surface area contributed by atoms with Crippen LogP contribution in [0.4, 0.5) is 10.6 Å². The van der Waals surface area contributed by atoms with Gasteiger partial charge in [0.05, 0.1) is 12.1 Å². The maximum Gasteiger partial charge on any atom is 0.412 e. The van der Waals surface area contributed by atoms with Crippen molar-refractivity contribution in [1.82, 2.24) is 14.7 Å². The van der Waals surface area contributed by atoms with Crippen LogP contribution in [0.2, 0.25) is 0 Å². The number of aliphatic carboxylic acids is 1. The number of hydrogen-bond acceptors (Lipinski definition) is 5. The van der Waals surface area contributed by atoms with Crippen LogP contribution in [0.1, 0.15) is 40.2 Å². The zero-order chi connectivity index (χ0) is 24.5. The molecule has 2 heterocycles. The molecule has 1 aromatic heterocycles. The molecule has 0 bridgehead atoms. The van der Waals surface area contributed by atoms with Gasteiger partial charge in [-0.1, -0.05) is 48.5 Å². The smallest absolute Gasteiger partial charge is 0.412 e. The summed E-state index contributed by atoms with van der Waals surface area (Å²) in [7, 11) is 1.62. The summed E-state index contributed by atoms with van der Waals surface area (Å²) in [5.41, 5.74) is 4.69. The molecule has 2 aromatic carbocycles. The number of ether oxygens (including phenoxy) is 1. The van der Waals surface area contributed by atoms with Crippen molar-refractivity contribution in [3.63, 3.8) is 0 Å². The van der Waals surface area contributed by atoms with Gasteiger partial charge in [0.1, 0.15) is 18.0 Å². The van der Waals surface area contributed by atoms with Crippen molar-refractivity contribution in [3.8, 4) is 11.1 Å². The summed E-state index contributed by atoms with van der Waals surface area (Å²) >= 11 is 0. The van der Waals surface area contributed by atoms with Crippen molar-refractivity contribution in [2.45, 2.75) is 18.8 Å². The molecule has 5 rings (SSSR count). The maximum atomic E-state index is 13.1. The molecule has 0 spiro atoms. The Kier molecular flexibility index (Phi) is 5.98. The maximum absolute atomic E-state index is 13.1. The molecule has 1 unspecified atom stereocenters. The van der Waals surface area contributed by atoms with Gasteiger partial charge >= 0.3 is 12.1 Å². The third kappa shape index (κ3) is 4.25. The second-order valence-corrected chi connectivity index (χ2v) is 8.91. The van der Waals surface area contributed by atoms with Gasteiger partial charge in [0.25, 0.3) is 5.91 Å². The van der Waals surface area contributed by atoms with E-state index >= 15 is 0 Å². The number of anilines is 1. The number of fused-ring (bicyclic) bond motifs is 3. The number of aromatic nitrogens is 2. The molecule has 1 aliphatic carbocycles. The first-order valence-electron chi connectivity index (χ1n) is 11.6. The summed E-state index contributed by atoms with van der Waals surface area (Å²) in [6.07, 6.45) is 1.84. The number of hydrogen-bond donors (Lipinski definition) is 2. The molecule has 2 N–H and O–H groups in total. The number of nitrogens with one attached hydrogen (secondary N) is 1. The standard InChI is InChI=1S/C26H26N4O5/c1-29-23(21(13-27-29)24(31)30-12-6-7-16(14-30)25(32)33)28-26(34)35-15-22-19-10-4-2-8-17(19)18-9-3-5-11-20(18)22/h2-5,8-11,13,16,22H,6-7,12,14-15H2,1H3,(H,28,34)(H,32,33). The quantitative estimate of drug-likeness (QED) is 0.583. The van der Waals surface area contributed by atoms with Crippen molar-refractivity contribution in [2.24, 2.45) is 13.0 Å². The first-order chi connectivity index (χ1) is 16.9. The monoisotopic (exact) mass is 474 g/mol. The van der Waals surface area contributed by atoms with Crippen molar-refractivity contribution >= 4 is 23.8 Å². The van der Waals surface area contributed by atoms with Crippen molar-refractivity contribution in [2.75, 3.05) is 25.0 Å². The first-order valence-corrected chi connectivity index (χ1v) is 11.6. The number of aryl methyl sites for hydroxylation is 1. The Balaban J connectivity index is 1.28. The number of carbonyl (C=O) groups excluding carboxylic acids is 2. The predicted octanol–water partition coefficient (Wildman–Crippen LogP) is 3.72. The van der Waals surface area contributed by atoms with Crippen LogP contribution < -0.4 is 5.32 Å². The molecule has 1 saturated heterocycles. The van der Waals surface area contributed by atoms with Crippen molar-refractivity contribution in [3.05, 3.63) is 71.4 Å². The van der Waals surface area contributed by atoms with Crippen molar-refractivity contribution < 1.29 is 24.2 Å². The highest BCUT2D eigenvalue weighted by molar-refractivity contribution is 6.01. The Bertz CT molecular complexity index is 1250. The SMILES string of the molecule is Cn1ncc(C(=O)N2CCCC(C(=O)O)C2)c1NC(=O)OCC1c2ccccc2-c2ccccc21. The fraction of sp³-hybridized carbons (Fsp3) is 0.308. The zero-order valence-electron chi connectivity index (χ0n) is 19.3. The van der Waals surface area contributed by atoms with E-state index in [1.807, 2.05) is 36.4 Å². The number of likely N-dealkylation sites (tertiary alicyclic amines) is 1. The van der Waals surface area contributed by atoms with Gasteiger partial charge in [-0.3, -0.25) is 19.6 Å². The number of piperidine rings is 1. The predicted molar refractivity (Wildman–Crippen MR) is 128 cm³/mol. The van der Waals surface area contributed by atoms with Crippen LogP contribution in [0.25, 0.3) is 11.1 Å². The number of rotatable bonds is 5. The Hall–Kier alpha value is -4.14. The van der Waals surface area contributed by atoms with Gasteiger partial charge in [0.15, 0.2) is 0 Å². The average Bonchev–Trinajstić information content (AvgIpc) is 3.40. The highest BCUT2D eigenvalue weighted by atomic mass is 16.5. The minimum absolute atomic E-state index is 0.0814. The van der Waals surface area contributed by atoms with E-state index < -0.39 is 18.0 Å². The lowest BCUT2D eigenvalue weighted by Crippen LogP contribution is -2.42. The van der Waals surface area contributed by atoms with E-state index in [-0.39, 0.29) is 36.4 Å². The largest absolute Gasteiger partial charge is 0.481 e. The molecule has 9 heteroatoms. The molecule has 0 radical (unpaired) electrons. The van der Waals surface area contributed by atoms with Gasteiger partial charge in [-0.25, -0.2) is 4.79 Å². The van der Waals surface area contributed by atoms with E-state index in [1.54, 1.807) is 7.05 Å². The second kappa shape index (κ2) is 9.25. The Morgan fingerprint density at radius 1 is 1.09 bits per heavy atom. The van der Waals surface area contributed by atoms with Crippen LogP contribution in [0.5, 0.6) is 0 Å². The van der Waals surface area contributed by atoms with E-state index in [9.17, 15) is 19.5 Å². The highest BCUT2D eigenvalue weighted by Gasteiger charge is 2.32. The Morgan fingerprint density at radius 3 is 2.40 bits per heavy atom. The lowest BCUT2D eigenvalue weighted by Gasteiger charge is -2.30. The molecule has 3 aromatic rings. The summed E-state index contributed by atoms with van der Waals surface area (Å²) in [4.78, 5) is 38.8. The van der Waals surface area contributed by atoms with Gasteiger partial charge in [-0.05, 0) is 35.1 Å². The molecule has 0 saturated carbocycles. The minimum Gasteiger partial charge on any atom is -0.481 e. The van der Waals surface area contributed by atoms with Crippen LogP contribution in [-0.2, 0) is 16.6 Å². The van der Waals surface area contributed by atoms with E-state index in [0.29, 0.717) is 19.4 Å². The molecule has 1 fully saturated rings. The molecule has 180 valence electrons. The molecule has 1 aliphatic heterocycles. The van der Waals surface area contributed by atoms with E-state index in [4.69, 9.17) is 4.74 Å². The van der Waals surface area contributed by atoms with E-state index in [0.717, 1.165) is 22.3 Å². The van der Waals surface area contributed by atoms with Gasteiger partial charge in [-0.15, -0.1) is 0 Å². The van der Waals surface area contributed by atoms with E-state index in [2.05, 4.69) is 22.5 Å². The molecule has 9 nitrogen and oxygen atoms in total. The van der Waals surface area contributed by atoms with Gasteiger partial charge in [-0.2, -0.15) is 5.10 Å². The Morgan fingerprint density at radius 2 is 1.74 bits per heavy atom. The van der Waals surface area contributed by atoms with Gasteiger partial charge in [0, 0.05) is 26.1 Å². The number of amides is 2. The van der Waals surface area contributed by atoms with E-state index in [1.165, 1.54) is 15.8 Å². The second-order valence-electron chi connectivity index (χ2n) is 8.91. The van der Waals surface area contributed by atoms with Gasteiger partial charge < -0.3 is 14.7 Å². The first kappa shape index (κ1) is 22.6. The number of carbonyl (C=O) groups is 3. The molecular formula is C26H26N4O5. The average molecular weight is 475 g/mol. The minimum atomic E-state index is -0.911. The molecular weight excluding hydrogens is 448 g/mol. The summed E-state index contributed by atoms with van der Waals surface area (Å²) in [6, 6.07) is 16.2. The normalized spacial score (nSPS) is 16.9. The van der Waals surface area contributed by atoms with Crippen LogP contribution in [0.15, 0.2) is 54.7 Å². The van der Waals surface area contributed by atoms with Crippen LogP contribution in [0.3, 0.4) is 0 Å². The topological polar surface area (TPSA) is 114 Å². The lowest BCUT2D eigenvalue weighted by molar-refractivity contribution is -0.143. The number of carboxylic acids is 1. The third-order valence-corrected chi connectivity index (χ3v) is 6.79. The fourth-order valence-corrected chi connectivity index (χ4v) is 5.01. The molecule has 2 aliphatic rings. The highest BCUT2D eigenvalue weighted by Crippen LogP contribution is 2.44. The summed E-state index contributed by atoms with van der Waals surface area (Å²) < 4.78 is 7.00. The number of benzene rings is 2. The van der Waals surface area contributed by atoms with Crippen LogP contribution in [-0.4, -0.2) is 57.5 Å². The number of nitrogens with zero attached hydrogens (tertiary/aromatic N) is 3. The zero-order valence-corrected chi connectivity index (χ0v) is 19.3. The summed E-state index contributed by atoms with van der Waals surface area (Å²) in [6.45, 7) is 0.739. The number of carboxylic acid groups (broad SMARTS) is 1. The van der Waals surface area contributed by atoms with Crippen molar-refractivity contribution in [1.29, 1.82) is 0 Å². The molecule has 2 amide bonds. The van der Waals surface area contributed by atoms with Gasteiger partial charge in [0.2, 0.25) is 0 Å². The van der Waals surface area contributed by atoms with Crippen LogP contribution >= 0.6 is 0 Å². The fourth-order valence-electron chi connectivity index (χ4n) is 5.01. The Labute approximate surface area is 202 Å². The summed E-state index contributed by atoms with van der Waals surface area (Å²) in [5.74, 6) is -1.74. The van der Waals surface area contributed by atoms with Crippen LogP contribution in [0, 0.1) is 5.92 Å².